The molecule has 0 aliphatic rings. The highest BCUT2D eigenvalue weighted by molar-refractivity contribution is 5.79. The van der Waals surface area contributed by atoms with Crippen LogP contribution in [0.3, 0.4) is 0 Å². The highest BCUT2D eigenvalue weighted by Crippen LogP contribution is 2.23. The fourth-order valence-electron chi connectivity index (χ4n) is 2.38. The summed E-state index contributed by atoms with van der Waals surface area (Å²) >= 11 is 0. The molecule has 0 radical (unpaired) electrons. The minimum Gasteiger partial charge on any atom is -0.312 e. The lowest BCUT2D eigenvalue weighted by Crippen LogP contribution is -2.36. The maximum absolute atomic E-state index is 4.56. The second-order valence-corrected chi connectivity index (χ2v) is 6.77. The second kappa shape index (κ2) is 5.92. The van der Waals surface area contributed by atoms with Crippen molar-refractivity contribution in [3.63, 3.8) is 0 Å². The van der Waals surface area contributed by atoms with E-state index in [-0.39, 0.29) is 5.54 Å². The third-order valence-corrected chi connectivity index (χ3v) is 3.65. The number of pyridine rings is 1. The van der Waals surface area contributed by atoms with Crippen molar-refractivity contribution in [1.82, 2.24) is 10.3 Å². The van der Waals surface area contributed by atoms with E-state index in [9.17, 15) is 0 Å². The predicted octanol–water partition coefficient (Wildman–Crippen LogP) is 4.42. The van der Waals surface area contributed by atoms with E-state index in [1.807, 2.05) is 6.92 Å². The van der Waals surface area contributed by atoms with Crippen LogP contribution in [-0.4, -0.2) is 17.1 Å². The molecule has 0 aliphatic heterocycles. The topological polar surface area (TPSA) is 24.9 Å². The van der Waals surface area contributed by atoms with Gasteiger partial charge in [-0.3, -0.25) is 4.98 Å². The maximum atomic E-state index is 4.56. The molecule has 0 saturated heterocycles. The third kappa shape index (κ3) is 4.04. The van der Waals surface area contributed by atoms with Crippen molar-refractivity contribution in [2.75, 3.05) is 6.54 Å². The van der Waals surface area contributed by atoms with E-state index in [2.05, 4.69) is 68.3 Å². The van der Waals surface area contributed by atoms with Gasteiger partial charge in [-0.1, -0.05) is 19.1 Å². The van der Waals surface area contributed by atoms with Crippen LogP contribution in [0.15, 0.2) is 30.3 Å². The summed E-state index contributed by atoms with van der Waals surface area (Å²) in [6, 6.07) is 10.9. The first-order valence-corrected chi connectivity index (χ1v) is 7.47. The lowest BCUT2D eigenvalue weighted by atomic mass is 9.95. The molecule has 1 aromatic heterocycles. The minimum atomic E-state index is 0.199. The van der Waals surface area contributed by atoms with Crippen molar-refractivity contribution in [3.05, 3.63) is 41.6 Å². The molecule has 0 amide bonds. The number of benzene rings is 1. The predicted molar refractivity (Wildman–Crippen MR) is 87.3 cm³/mol. The first kappa shape index (κ1) is 15.0. The Kier molecular flexibility index (Phi) is 4.44. The summed E-state index contributed by atoms with van der Waals surface area (Å²) in [7, 11) is 0. The largest absolute Gasteiger partial charge is 0.312 e. The molecule has 0 aliphatic carbocycles. The summed E-state index contributed by atoms with van der Waals surface area (Å²) in [6.45, 7) is 12.0. The van der Waals surface area contributed by atoms with Crippen LogP contribution in [0.4, 0.5) is 0 Å². The van der Waals surface area contributed by atoms with Crippen molar-refractivity contribution in [1.29, 1.82) is 0 Å². The van der Waals surface area contributed by atoms with Gasteiger partial charge in [0.15, 0.2) is 0 Å². The summed E-state index contributed by atoms with van der Waals surface area (Å²) in [5.74, 6) is 0.565. The molecule has 2 aromatic rings. The zero-order chi connectivity index (χ0) is 14.8. The minimum absolute atomic E-state index is 0.199. The number of hydrogen-bond donors (Lipinski definition) is 1. The van der Waals surface area contributed by atoms with E-state index >= 15 is 0 Å². The number of nitrogens with one attached hydrogen (secondary N) is 1. The molecule has 0 saturated carbocycles. The van der Waals surface area contributed by atoms with E-state index in [1.54, 1.807) is 0 Å². The van der Waals surface area contributed by atoms with Gasteiger partial charge in [0.05, 0.1) is 5.52 Å². The molecule has 1 aromatic carbocycles. The molecule has 2 nitrogen and oxygen atoms in total. The molecule has 0 spiro atoms. The fraction of sp³-hybridized carbons (Fsp3) is 0.500. The number of rotatable bonds is 4. The Morgan fingerprint density at radius 3 is 2.60 bits per heavy atom. The third-order valence-electron chi connectivity index (χ3n) is 3.65. The van der Waals surface area contributed by atoms with Crippen LogP contribution in [0.1, 0.15) is 51.3 Å². The molecule has 108 valence electrons. The molecule has 2 heteroatoms. The van der Waals surface area contributed by atoms with E-state index in [0.29, 0.717) is 5.92 Å². The highest BCUT2D eigenvalue weighted by Gasteiger charge is 2.11. The van der Waals surface area contributed by atoms with Gasteiger partial charge in [-0.25, -0.2) is 0 Å². The van der Waals surface area contributed by atoms with Gasteiger partial charge < -0.3 is 5.32 Å². The quantitative estimate of drug-likeness (QED) is 0.889. The second-order valence-electron chi connectivity index (χ2n) is 6.77. The van der Waals surface area contributed by atoms with E-state index in [0.717, 1.165) is 24.2 Å². The molecule has 1 atom stereocenters. The average molecular weight is 270 g/mol. The summed E-state index contributed by atoms with van der Waals surface area (Å²) in [5.41, 5.74) is 3.77. The molecule has 1 N–H and O–H groups in total. The Bertz CT molecular complexity index is 581. The van der Waals surface area contributed by atoms with Crippen LogP contribution in [0, 0.1) is 6.92 Å². The normalized spacial score (nSPS) is 13.7. The zero-order valence-corrected chi connectivity index (χ0v) is 13.3. The lowest BCUT2D eigenvalue weighted by Gasteiger charge is -2.22. The van der Waals surface area contributed by atoms with Gasteiger partial charge >= 0.3 is 0 Å². The number of aryl methyl sites for hydroxylation is 1. The van der Waals surface area contributed by atoms with E-state index < -0.39 is 0 Å². The molecule has 0 fully saturated rings. The lowest BCUT2D eigenvalue weighted by molar-refractivity contribution is 0.413. The molecule has 1 heterocycles. The molecule has 1 unspecified atom stereocenters. The van der Waals surface area contributed by atoms with Gasteiger partial charge in [0.25, 0.3) is 0 Å². The first-order chi connectivity index (χ1) is 9.35. The van der Waals surface area contributed by atoms with Crippen molar-refractivity contribution >= 4 is 10.9 Å². The number of nitrogens with zero attached hydrogens (tertiary/aromatic N) is 1. The molecule has 20 heavy (non-hydrogen) atoms. The van der Waals surface area contributed by atoms with Gasteiger partial charge in [-0.05, 0) is 70.3 Å². The Morgan fingerprint density at radius 2 is 1.90 bits per heavy atom. The number of fused-ring (bicyclic) bond motifs is 1. The smallest absolute Gasteiger partial charge is 0.0705 e. The van der Waals surface area contributed by atoms with Crippen molar-refractivity contribution in [2.24, 2.45) is 0 Å². The monoisotopic (exact) mass is 270 g/mol. The van der Waals surface area contributed by atoms with Crippen LogP contribution < -0.4 is 5.32 Å². The Labute approximate surface area is 122 Å². The number of aromatic nitrogens is 1. The van der Waals surface area contributed by atoms with Gasteiger partial charge in [0.2, 0.25) is 0 Å². The van der Waals surface area contributed by atoms with Gasteiger partial charge in [-0.2, -0.15) is 0 Å². The standard InChI is InChI=1S/C18H26N2/c1-13(10-11-19-18(3,4)5)15-8-9-17-16(12-15)7-6-14(2)20-17/h6-9,12-13,19H,10-11H2,1-5H3. The molecular formula is C18H26N2. The van der Waals surface area contributed by atoms with Gasteiger partial charge in [0, 0.05) is 16.6 Å². The van der Waals surface area contributed by atoms with Crippen molar-refractivity contribution in [3.8, 4) is 0 Å². The first-order valence-electron chi connectivity index (χ1n) is 7.47. The number of hydrogen-bond acceptors (Lipinski definition) is 2. The van der Waals surface area contributed by atoms with Gasteiger partial charge in [0.1, 0.15) is 0 Å². The van der Waals surface area contributed by atoms with Crippen LogP contribution in [-0.2, 0) is 0 Å². The van der Waals surface area contributed by atoms with Gasteiger partial charge in [-0.15, -0.1) is 0 Å². The van der Waals surface area contributed by atoms with Crippen LogP contribution in [0.25, 0.3) is 10.9 Å². The van der Waals surface area contributed by atoms with Crippen LogP contribution in [0.5, 0.6) is 0 Å². The van der Waals surface area contributed by atoms with E-state index in [1.165, 1.54) is 10.9 Å². The molecule has 2 rings (SSSR count). The highest BCUT2D eigenvalue weighted by atomic mass is 14.9. The summed E-state index contributed by atoms with van der Waals surface area (Å²) in [6.07, 6.45) is 1.15. The Morgan fingerprint density at radius 1 is 1.15 bits per heavy atom. The fourth-order valence-corrected chi connectivity index (χ4v) is 2.38. The van der Waals surface area contributed by atoms with Crippen molar-refractivity contribution < 1.29 is 0 Å². The molecular weight excluding hydrogens is 244 g/mol. The average Bonchev–Trinajstić information content (AvgIpc) is 2.36. The summed E-state index contributed by atoms with van der Waals surface area (Å²) in [5, 5.41) is 4.79. The summed E-state index contributed by atoms with van der Waals surface area (Å²) in [4.78, 5) is 4.56. The summed E-state index contributed by atoms with van der Waals surface area (Å²) < 4.78 is 0. The zero-order valence-electron chi connectivity index (χ0n) is 13.3. The molecule has 0 bridgehead atoms. The van der Waals surface area contributed by atoms with Crippen LogP contribution in [0.2, 0.25) is 0 Å². The van der Waals surface area contributed by atoms with Crippen LogP contribution >= 0.6 is 0 Å². The maximum Gasteiger partial charge on any atom is 0.0705 e. The SMILES string of the molecule is Cc1ccc2cc(C(C)CCNC(C)(C)C)ccc2n1. The Balaban J connectivity index is 2.06. The van der Waals surface area contributed by atoms with E-state index in [4.69, 9.17) is 0 Å². The Hall–Kier alpha value is -1.41. The van der Waals surface area contributed by atoms with Crippen molar-refractivity contribution in [2.45, 2.75) is 52.5 Å².